The van der Waals surface area contributed by atoms with Crippen LogP contribution in [-0.2, 0) is 9.53 Å². The summed E-state index contributed by atoms with van der Waals surface area (Å²) >= 11 is 6.07. The molecule has 2 aliphatic heterocycles. The number of likely N-dealkylation sites (tertiary alicyclic amines) is 1. The fourth-order valence-electron chi connectivity index (χ4n) is 3.75. The quantitative estimate of drug-likeness (QED) is 0.911. The zero-order chi connectivity index (χ0) is 15.8. The number of piperidine rings is 1. The van der Waals surface area contributed by atoms with E-state index in [2.05, 4.69) is 11.1 Å². The molecule has 0 radical (unpaired) electrons. The molecular formula is C18H21ClN2O2. The molecule has 2 fully saturated rings. The lowest BCUT2D eigenvalue weighted by atomic mass is 9.94. The Balaban J connectivity index is 1.52. The number of ether oxygens (including phenoxy) is 1. The van der Waals surface area contributed by atoms with E-state index in [9.17, 15) is 4.79 Å². The van der Waals surface area contributed by atoms with Crippen molar-refractivity contribution in [1.82, 2.24) is 9.88 Å². The summed E-state index contributed by atoms with van der Waals surface area (Å²) in [5.74, 6) is 0.534. The summed E-state index contributed by atoms with van der Waals surface area (Å²) in [7, 11) is 0. The molecule has 4 nitrogen and oxygen atoms in total. The Morgan fingerprint density at radius 3 is 3.00 bits per heavy atom. The van der Waals surface area contributed by atoms with Crippen LogP contribution in [0.3, 0.4) is 0 Å². The molecule has 3 heterocycles. The highest BCUT2D eigenvalue weighted by molar-refractivity contribution is 6.31. The van der Waals surface area contributed by atoms with Crippen molar-refractivity contribution < 1.29 is 9.53 Å². The second-order valence-electron chi connectivity index (χ2n) is 6.58. The molecule has 1 N–H and O–H groups in total. The van der Waals surface area contributed by atoms with Gasteiger partial charge in [-0.3, -0.25) is 4.79 Å². The van der Waals surface area contributed by atoms with Crippen molar-refractivity contribution in [2.24, 2.45) is 0 Å². The number of amides is 1. The number of fused-ring (bicyclic) bond motifs is 1. The summed E-state index contributed by atoms with van der Waals surface area (Å²) in [4.78, 5) is 18.0. The topological polar surface area (TPSA) is 45.3 Å². The number of benzene rings is 1. The lowest BCUT2D eigenvalue weighted by Gasteiger charge is -2.33. The van der Waals surface area contributed by atoms with Crippen molar-refractivity contribution in [3.8, 4) is 0 Å². The lowest BCUT2D eigenvalue weighted by molar-refractivity contribution is -0.142. The van der Waals surface area contributed by atoms with E-state index in [0.29, 0.717) is 5.92 Å². The maximum absolute atomic E-state index is 12.6. The Labute approximate surface area is 140 Å². The van der Waals surface area contributed by atoms with Crippen molar-refractivity contribution in [2.75, 3.05) is 19.7 Å². The van der Waals surface area contributed by atoms with Crippen LogP contribution < -0.4 is 0 Å². The molecule has 2 unspecified atom stereocenters. The van der Waals surface area contributed by atoms with Crippen LogP contribution in [0.2, 0.25) is 5.02 Å². The van der Waals surface area contributed by atoms with E-state index in [-0.39, 0.29) is 12.0 Å². The number of H-pyrrole nitrogens is 1. The number of carbonyl (C=O) groups is 1. The molecule has 1 aromatic heterocycles. The van der Waals surface area contributed by atoms with Gasteiger partial charge in [0.2, 0.25) is 0 Å². The number of hydrogen-bond donors (Lipinski definition) is 1. The third-order valence-electron chi connectivity index (χ3n) is 4.98. The molecule has 0 spiro atoms. The van der Waals surface area contributed by atoms with Gasteiger partial charge in [0, 0.05) is 47.2 Å². The molecule has 1 aromatic carbocycles. The summed E-state index contributed by atoms with van der Waals surface area (Å²) in [6.45, 7) is 2.34. The number of halogens is 1. The Morgan fingerprint density at radius 2 is 2.17 bits per heavy atom. The van der Waals surface area contributed by atoms with Crippen molar-refractivity contribution in [3.63, 3.8) is 0 Å². The zero-order valence-electron chi connectivity index (χ0n) is 13.1. The van der Waals surface area contributed by atoms with Crippen molar-refractivity contribution in [3.05, 3.63) is 35.0 Å². The van der Waals surface area contributed by atoms with Crippen LogP contribution in [0, 0.1) is 0 Å². The molecule has 4 rings (SSSR count). The van der Waals surface area contributed by atoms with Crippen molar-refractivity contribution in [2.45, 2.75) is 37.7 Å². The first kappa shape index (κ1) is 15.0. The Bertz CT molecular complexity index is 721. The normalized spacial score (nSPS) is 25.2. The standard InChI is InChI=1S/C18H21ClN2O2/c19-14-5-6-15-13(9-14)10-16(20-15)12-3-1-7-21(11-12)18(22)17-4-2-8-23-17/h5-6,9-10,12,17,20H,1-4,7-8,11H2. The molecule has 0 saturated carbocycles. The first-order chi connectivity index (χ1) is 11.2. The lowest BCUT2D eigenvalue weighted by Crippen LogP contribution is -2.44. The summed E-state index contributed by atoms with van der Waals surface area (Å²) in [6, 6.07) is 8.07. The van der Waals surface area contributed by atoms with E-state index in [1.807, 2.05) is 23.1 Å². The highest BCUT2D eigenvalue weighted by atomic mass is 35.5. The van der Waals surface area contributed by atoms with E-state index >= 15 is 0 Å². The minimum Gasteiger partial charge on any atom is -0.368 e. The summed E-state index contributed by atoms with van der Waals surface area (Å²) < 4.78 is 5.56. The molecule has 0 aliphatic carbocycles. The molecule has 2 atom stereocenters. The number of nitrogens with one attached hydrogen (secondary N) is 1. The largest absolute Gasteiger partial charge is 0.368 e. The van der Waals surface area contributed by atoms with E-state index < -0.39 is 0 Å². The summed E-state index contributed by atoms with van der Waals surface area (Å²) in [5, 5.41) is 1.89. The molecule has 122 valence electrons. The van der Waals surface area contributed by atoms with Gasteiger partial charge in [-0.25, -0.2) is 0 Å². The minimum atomic E-state index is -0.213. The van der Waals surface area contributed by atoms with Crippen LogP contribution in [0.4, 0.5) is 0 Å². The monoisotopic (exact) mass is 332 g/mol. The summed E-state index contributed by atoms with van der Waals surface area (Å²) in [6.07, 6.45) is 3.80. The summed E-state index contributed by atoms with van der Waals surface area (Å²) in [5.41, 5.74) is 2.30. The third-order valence-corrected chi connectivity index (χ3v) is 5.22. The molecular weight excluding hydrogens is 312 g/mol. The number of aromatic amines is 1. The van der Waals surface area contributed by atoms with Gasteiger partial charge in [0.1, 0.15) is 6.10 Å². The fraction of sp³-hybridized carbons (Fsp3) is 0.500. The maximum atomic E-state index is 12.6. The van der Waals surface area contributed by atoms with Gasteiger partial charge in [-0.1, -0.05) is 11.6 Å². The van der Waals surface area contributed by atoms with Crippen molar-refractivity contribution in [1.29, 1.82) is 0 Å². The van der Waals surface area contributed by atoms with Crippen LogP contribution >= 0.6 is 11.6 Å². The van der Waals surface area contributed by atoms with Gasteiger partial charge in [0.05, 0.1) is 0 Å². The first-order valence-electron chi connectivity index (χ1n) is 8.39. The highest BCUT2D eigenvalue weighted by Crippen LogP contribution is 2.30. The number of carbonyl (C=O) groups excluding carboxylic acids is 1. The first-order valence-corrected chi connectivity index (χ1v) is 8.77. The highest BCUT2D eigenvalue weighted by Gasteiger charge is 2.32. The maximum Gasteiger partial charge on any atom is 0.251 e. The van der Waals surface area contributed by atoms with E-state index in [0.717, 1.165) is 61.3 Å². The van der Waals surface area contributed by atoms with Crippen molar-refractivity contribution >= 4 is 28.4 Å². The molecule has 0 bridgehead atoms. The van der Waals surface area contributed by atoms with E-state index in [1.165, 1.54) is 5.69 Å². The zero-order valence-corrected chi connectivity index (χ0v) is 13.8. The Hall–Kier alpha value is -1.52. The third kappa shape index (κ3) is 2.98. The number of aromatic nitrogens is 1. The van der Waals surface area contributed by atoms with E-state index in [4.69, 9.17) is 16.3 Å². The van der Waals surface area contributed by atoms with Gasteiger partial charge in [-0.05, 0) is 49.9 Å². The van der Waals surface area contributed by atoms with Crippen LogP contribution in [0.1, 0.15) is 37.3 Å². The number of rotatable bonds is 2. The second kappa shape index (κ2) is 6.17. The van der Waals surface area contributed by atoms with Gasteiger partial charge in [0.25, 0.3) is 5.91 Å². The molecule has 2 aliphatic rings. The van der Waals surface area contributed by atoms with Crippen LogP contribution in [-0.4, -0.2) is 41.6 Å². The average Bonchev–Trinajstić information content (AvgIpc) is 3.23. The Morgan fingerprint density at radius 1 is 1.26 bits per heavy atom. The van der Waals surface area contributed by atoms with Gasteiger partial charge in [-0.2, -0.15) is 0 Å². The minimum absolute atomic E-state index is 0.173. The molecule has 1 amide bonds. The van der Waals surface area contributed by atoms with Crippen LogP contribution in [0.25, 0.3) is 10.9 Å². The number of nitrogens with zero attached hydrogens (tertiary/aromatic N) is 1. The van der Waals surface area contributed by atoms with Gasteiger partial charge < -0.3 is 14.6 Å². The van der Waals surface area contributed by atoms with Crippen LogP contribution in [0.15, 0.2) is 24.3 Å². The predicted molar refractivity (Wildman–Crippen MR) is 90.8 cm³/mol. The van der Waals surface area contributed by atoms with Crippen LogP contribution in [0.5, 0.6) is 0 Å². The number of hydrogen-bond acceptors (Lipinski definition) is 2. The second-order valence-corrected chi connectivity index (χ2v) is 7.02. The Kier molecular flexibility index (Phi) is 4.04. The molecule has 23 heavy (non-hydrogen) atoms. The van der Waals surface area contributed by atoms with Gasteiger partial charge in [-0.15, -0.1) is 0 Å². The molecule has 5 heteroatoms. The van der Waals surface area contributed by atoms with Gasteiger partial charge >= 0.3 is 0 Å². The SMILES string of the molecule is O=C(C1CCCO1)N1CCCC(c2cc3cc(Cl)ccc3[nH]2)C1. The predicted octanol–water partition coefficient (Wildman–Crippen LogP) is 3.71. The molecule has 2 aromatic rings. The average molecular weight is 333 g/mol. The molecule has 2 saturated heterocycles. The van der Waals surface area contributed by atoms with E-state index in [1.54, 1.807) is 0 Å². The smallest absolute Gasteiger partial charge is 0.251 e. The van der Waals surface area contributed by atoms with Gasteiger partial charge in [0.15, 0.2) is 0 Å². The fourth-order valence-corrected chi connectivity index (χ4v) is 3.93.